The third kappa shape index (κ3) is 3.38. The molecule has 7 heteroatoms. The van der Waals surface area contributed by atoms with Crippen molar-refractivity contribution in [2.24, 2.45) is 0 Å². The van der Waals surface area contributed by atoms with Gasteiger partial charge >= 0.3 is 0 Å². The van der Waals surface area contributed by atoms with E-state index in [1.807, 2.05) is 0 Å². The molecule has 0 saturated heterocycles. The van der Waals surface area contributed by atoms with E-state index < -0.39 is 5.82 Å². The molecule has 0 fully saturated rings. The molecular weight excluding hydrogens is 261 g/mol. The van der Waals surface area contributed by atoms with Crippen LogP contribution in [0, 0.1) is 5.82 Å². The first-order valence-electron chi connectivity index (χ1n) is 5.29. The molecular formula is C11H17ClFN3O2. The summed E-state index contributed by atoms with van der Waals surface area (Å²) in [4.78, 5) is 0. The Morgan fingerprint density at radius 1 is 1.39 bits per heavy atom. The van der Waals surface area contributed by atoms with Crippen molar-refractivity contribution in [3.05, 3.63) is 16.9 Å². The number of benzene rings is 1. The third-order valence-electron chi connectivity index (χ3n) is 2.46. The normalized spacial score (nSPS) is 12.4. The Morgan fingerprint density at radius 3 is 2.61 bits per heavy atom. The average molecular weight is 278 g/mol. The van der Waals surface area contributed by atoms with Crippen LogP contribution < -0.4 is 16.8 Å². The second-order valence-electron chi connectivity index (χ2n) is 3.75. The fraction of sp³-hybridized carbons (Fsp3) is 0.455. The van der Waals surface area contributed by atoms with E-state index in [0.29, 0.717) is 13.2 Å². The fourth-order valence-corrected chi connectivity index (χ4v) is 1.61. The van der Waals surface area contributed by atoms with E-state index in [0.717, 1.165) is 0 Å². The van der Waals surface area contributed by atoms with Crippen molar-refractivity contribution < 1.29 is 13.9 Å². The quantitative estimate of drug-likeness (QED) is 0.690. The Balaban J connectivity index is 2.82. The Morgan fingerprint density at radius 2 is 2.06 bits per heavy atom. The molecule has 0 radical (unpaired) electrons. The van der Waals surface area contributed by atoms with Crippen LogP contribution in [0.2, 0.25) is 5.02 Å². The molecule has 1 aromatic rings. The van der Waals surface area contributed by atoms with Crippen LogP contribution >= 0.6 is 11.6 Å². The van der Waals surface area contributed by atoms with Gasteiger partial charge in [-0.3, -0.25) is 0 Å². The molecule has 1 atom stereocenters. The number of rotatable bonds is 6. The maximum absolute atomic E-state index is 13.8. The Bertz CT molecular complexity index is 418. The van der Waals surface area contributed by atoms with Crippen LogP contribution in [0.4, 0.5) is 21.5 Å². The van der Waals surface area contributed by atoms with Gasteiger partial charge < -0.3 is 26.3 Å². The van der Waals surface area contributed by atoms with Crippen LogP contribution in [0.15, 0.2) is 6.07 Å². The highest BCUT2D eigenvalue weighted by atomic mass is 35.5. The van der Waals surface area contributed by atoms with Gasteiger partial charge in [0.05, 0.1) is 29.8 Å². The minimum Gasteiger partial charge on any atom is -0.397 e. The molecule has 1 rings (SSSR count). The SMILES string of the molecule is COCC(CNc1c(N)cc(N)c(Cl)c1F)OC. The number of nitrogens with one attached hydrogen (secondary N) is 1. The Kier molecular flexibility index (Phi) is 5.46. The predicted octanol–water partition coefficient (Wildman–Crippen LogP) is 1.72. The number of halogens is 2. The van der Waals surface area contributed by atoms with Crippen LogP contribution in [-0.2, 0) is 9.47 Å². The van der Waals surface area contributed by atoms with Crippen LogP contribution in [0.25, 0.3) is 0 Å². The molecule has 5 nitrogen and oxygen atoms in total. The molecule has 0 saturated carbocycles. The van der Waals surface area contributed by atoms with Crippen LogP contribution in [0.1, 0.15) is 0 Å². The van der Waals surface area contributed by atoms with Gasteiger partial charge in [-0.05, 0) is 6.07 Å². The van der Waals surface area contributed by atoms with Gasteiger partial charge in [0, 0.05) is 20.8 Å². The molecule has 5 N–H and O–H groups in total. The Hall–Kier alpha value is -1.24. The van der Waals surface area contributed by atoms with Gasteiger partial charge in [-0.1, -0.05) is 11.6 Å². The second-order valence-corrected chi connectivity index (χ2v) is 4.13. The molecule has 1 aromatic carbocycles. The lowest BCUT2D eigenvalue weighted by molar-refractivity contribution is 0.0365. The molecule has 18 heavy (non-hydrogen) atoms. The highest BCUT2D eigenvalue weighted by Gasteiger charge is 2.15. The van der Waals surface area contributed by atoms with E-state index in [2.05, 4.69) is 5.32 Å². The summed E-state index contributed by atoms with van der Waals surface area (Å²) in [5.74, 6) is -0.665. The summed E-state index contributed by atoms with van der Waals surface area (Å²) < 4.78 is 23.9. The number of nitrogens with two attached hydrogens (primary N) is 2. The molecule has 0 aliphatic heterocycles. The molecule has 0 bridgehead atoms. The van der Waals surface area contributed by atoms with Gasteiger partial charge in [0.2, 0.25) is 0 Å². The lowest BCUT2D eigenvalue weighted by Gasteiger charge is -2.18. The van der Waals surface area contributed by atoms with Gasteiger partial charge in [0.25, 0.3) is 0 Å². The third-order valence-corrected chi connectivity index (χ3v) is 2.84. The molecule has 0 aromatic heterocycles. The lowest BCUT2D eigenvalue weighted by atomic mass is 10.2. The molecule has 0 amide bonds. The first kappa shape index (κ1) is 14.8. The number of ether oxygens (including phenoxy) is 2. The van der Waals surface area contributed by atoms with Crippen LogP contribution in [-0.4, -0.2) is 33.5 Å². The summed E-state index contributed by atoms with van der Waals surface area (Å²) in [5, 5.41) is 2.69. The van der Waals surface area contributed by atoms with Crippen molar-refractivity contribution >= 4 is 28.7 Å². The molecule has 102 valence electrons. The van der Waals surface area contributed by atoms with E-state index in [4.69, 9.17) is 32.5 Å². The largest absolute Gasteiger partial charge is 0.397 e. The minimum atomic E-state index is -0.665. The predicted molar refractivity (Wildman–Crippen MR) is 71.4 cm³/mol. The second kappa shape index (κ2) is 6.63. The number of nitrogen functional groups attached to an aromatic ring is 2. The summed E-state index contributed by atoms with van der Waals surface area (Å²) >= 11 is 5.71. The van der Waals surface area contributed by atoms with Crippen molar-refractivity contribution in [1.82, 2.24) is 0 Å². The zero-order valence-electron chi connectivity index (χ0n) is 10.3. The number of hydrogen-bond donors (Lipinski definition) is 3. The standard InChI is InChI=1S/C11H17ClFN3O2/c1-17-5-6(18-2)4-16-11-8(15)3-7(14)9(12)10(11)13/h3,6,16H,4-5,14-15H2,1-2H3. The van der Waals surface area contributed by atoms with E-state index in [9.17, 15) is 4.39 Å². The first-order chi connectivity index (χ1) is 8.51. The maximum Gasteiger partial charge on any atom is 0.169 e. The van der Waals surface area contributed by atoms with Gasteiger partial charge in [-0.25, -0.2) is 4.39 Å². The van der Waals surface area contributed by atoms with Crippen molar-refractivity contribution in [3.8, 4) is 0 Å². The van der Waals surface area contributed by atoms with Crippen molar-refractivity contribution in [3.63, 3.8) is 0 Å². The van der Waals surface area contributed by atoms with E-state index in [-0.39, 0.29) is 28.2 Å². The summed E-state index contributed by atoms with van der Waals surface area (Å²) in [6.45, 7) is 0.722. The molecule has 0 heterocycles. The summed E-state index contributed by atoms with van der Waals surface area (Å²) in [7, 11) is 3.10. The van der Waals surface area contributed by atoms with Crippen LogP contribution in [0.3, 0.4) is 0 Å². The summed E-state index contributed by atoms with van der Waals surface area (Å²) in [6, 6.07) is 1.41. The van der Waals surface area contributed by atoms with E-state index in [1.165, 1.54) is 6.07 Å². The molecule has 1 unspecified atom stereocenters. The van der Waals surface area contributed by atoms with Gasteiger partial charge in [0.15, 0.2) is 5.82 Å². The number of hydrogen-bond acceptors (Lipinski definition) is 5. The van der Waals surface area contributed by atoms with Gasteiger partial charge in [0.1, 0.15) is 5.02 Å². The summed E-state index contributed by atoms with van der Waals surface area (Å²) in [6.07, 6.45) is -0.217. The zero-order valence-corrected chi connectivity index (χ0v) is 11.1. The number of anilines is 3. The van der Waals surface area contributed by atoms with Crippen molar-refractivity contribution in [2.45, 2.75) is 6.10 Å². The molecule has 0 spiro atoms. The van der Waals surface area contributed by atoms with Crippen molar-refractivity contribution in [2.75, 3.05) is 44.2 Å². The smallest absolute Gasteiger partial charge is 0.169 e. The minimum absolute atomic E-state index is 0.109. The highest BCUT2D eigenvalue weighted by Crippen LogP contribution is 2.33. The summed E-state index contributed by atoms with van der Waals surface area (Å²) in [5.41, 5.74) is 11.6. The fourth-order valence-electron chi connectivity index (χ4n) is 1.46. The van der Waals surface area contributed by atoms with Crippen LogP contribution in [0.5, 0.6) is 0 Å². The topological polar surface area (TPSA) is 82.5 Å². The lowest BCUT2D eigenvalue weighted by Crippen LogP contribution is -2.27. The van der Waals surface area contributed by atoms with Gasteiger partial charge in [-0.2, -0.15) is 0 Å². The number of methoxy groups -OCH3 is 2. The van der Waals surface area contributed by atoms with E-state index >= 15 is 0 Å². The Labute approximate surface area is 110 Å². The molecule has 0 aliphatic rings. The maximum atomic E-state index is 13.8. The average Bonchev–Trinajstić information content (AvgIpc) is 2.34. The van der Waals surface area contributed by atoms with E-state index in [1.54, 1.807) is 14.2 Å². The molecule has 0 aliphatic carbocycles. The van der Waals surface area contributed by atoms with Gasteiger partial charge in [-0.15, -0.1) is 0 Å². The zero-order chi connectivity index (χ0) is 13.7. The monoisotopic (exact) mass is 277 g/mol. The first-order valence-corrected chi connectivity index (χ1v) is 5.67. The highest BCUT2D eigenvalue weighted by molar-refractivity contribution is 6.33. The van der Waals surface area contributed by atoms with Crippen molar-refractivity contribution in [1.29, 1.82) is 0 Å².